The van der Waals surface area contributed by atoms with Crippen LogP contribution in [0.2, 0.25) is 0 Å². The fraction of sp³-hybridized carbons (Fsp3) is 0.529. The maximum atomic E-state index is 13.9. The molecule has 2 saturated heterocycles. The summed E-state index contributed by atoms with van der Waals surface area (Å²) < 4.78 is 63.2. The SMILES string of the molecule is CC(C)C(N)C(=O)OC(=O)ON=C1c2ccc(S(=O)(=O)N3C[C@H](C)C[C@H](C)C3)cc2C(=NO)c2cc(S(=O)(=O)N3C[C@H](C)C[C@H](C)C3)ccc21. The summed E-state index contributed by atoms with van der Waals surface area (Å²) in [5, 5.41) is 17.9. The monoisotopic (exact) mass is 731 g/mol. The number of nitrogens with two attached hydrogens (primary N) is 1. The van der Waals surface area contributed by atoms with Crippen LogP contribution in [0.1, 0.15) is 76.6 Å². The Morgan fingerprint density at radius 1 is 0.760 bits per heavy atom. The van der Waals surface area contributed by atoms with E-state index in [1.165, 1.54) is 45.0 Å². The average Bonchev–Trinajstić information content (AvgIpc) is 3.04. The lowest BCUT2D eigenvalue weighted by atomic mass is 9.83. The quantitative estimate of drug-likeness (QED) is 0.118. The maximum Gasteiger partial charge on any atom is 0.543 e. The van der Waals surface area contributed by atoms with E-state index in [0.717, 1.165) is 12.8 Å². The minimum absolute atomic E-state index is 0.0201. The van der Waals surface area contributed by atoms with Gasteiger partial charge in [-0.05, 0) is 66.7 Å². The number of carbonyl (C=O) groups excluding carboxylic acids is 2. The van der Waals surface area contributed by atoms with Crippen molar-refractivity contribution in [2.45, 2.75) is 70.2 Å². The van der Waals surface area contributed by atoms with Crippen LogP contribution < -0.4 is 5.73 Å². The lowest BCUT2D eigenvalue weighted by Gasteiger charge is -2.34. The van der Waals surface area contributed by atoms with E-state index in [1.54, 1.807) is 13.8 Å². The molecule has 2 aliphatic heterocycles. The smallest absolute Gasteiger partial charge is 0.410 e. The Morgan fingerprint density at radius 2 is 1.18 bits per heavy atom. The second kappa shape index (κ2) is 14.5. The normalized spacial score (nSPS) is 23.8. The van der Waals surface area contributed by atoms with Gasteiger partial charge in [0, 0.05) is 48.4 Å². The first-order valence-corrected chi connectivity index (χ1v) is 19.6. The summed E-state index contributed by atoms with van der Waals surface area (Å²) in [6.45, 7) is 12.7. The van der Waals surface area contributed by atoms with E-state index in [-0.39, 0.29) is 73.1 Å². The maximum absolute atomic E-state index is 13.9. The van der Waals surface area contributed by atoms with Gasteiger partial charge in [-0.15, -0.1) is 0 Å². The van der Waals surface area contributed by atoms with E-state index < -0.39 is 38.2 Å². The number of rotatable bonds is 7. The van der Waals surface area contributed by atoms with Crippen LogP contribution in [-0.2, 0) is 34.4 Å². The summed E-state index contributed by atoms with van der Waals surface area (Å²) in [5.41, 5.74) is 6.29. The van der Waals surface area contributed by atoms with Gasteiger partial charge >= 0.3 is 12.1 Å². The van der Waals surface area contributed by atoms with Crippen molar-refractivity contribution < 1.29 is 41.2 Å². The predicted octanol–water partition coefficient (Wildman–Crippen LogP) is 3.98. The molecule has 0 aromatic heterocycles. The molecule has 0 spiro atoms. The van der Waals surface area contributed by atoms with Crippen molar-refractivity contribution in [3.05, 3.63) is 58.7 Å². The zero-order chi connectivity index (χ0) is 36.7. The van der Waals surface area contributed by atoms with Gasteiger partial charge in [0.15, 0.2) is 0 Å². The third-order valence-electron chi connectivity index (χ3n) is 9.43. The first-order valence-electron chi connectivity index (χ1n) is 16.7. The zero-order valence-corrected chi connectivity index (χ0v) is 30.7. The highest BCUT2D eigenvalue weighted by atomic mass is 32.2. The Kier molecular flexibility index (Phi) is 10.9. The fourth-order valence-corrected chi connectivity index (χ4v) is 10.5. The molecule has 0 radical (unpaired) electrons. The molecule has 5 rings (SSSR count). The molecule has 2 heterocycles. The van der Waals surface area contributed by atoms with Crippen LogP contribution in [0, 0.1) is 29.6 Å². The Bertz CT molecular complexity index is 1810. The second-order valence-electron chi connectivity index (χ2n) is 14.4. The van der Waals surface area contributed by atoms with Crippen molar-refractivity contribution in [2.75, 3.05) is 26.2 Å². The molecule has 2 aromatic rings. The Morgan fingerprint density at radius 3 is 1.56 bits per heavy atom. The van der Waals surface area contributed by atoms with Crippen LogP contribution in [0.5, 0.6) is 0 Å². The topological polar surface area (TPSA) is 198 Å². The summed E-state index contributed by atoms with van der Waals surface area (Å²) in [4.78, 5) is 29.6. The van der Waals surface area contributed by atoms with Crippen molar-refractivity contribution in [1.82, 2.24) is 8.61 Å². The van der Waals surface area contributed by atoms with E-state index in [1.807, 2.05) is 27.7 Å². The number of nitrogens with zero attached hydrogens (tertiary/aromatic N) is 4. The molecule has 0 bridgehead atoms. The molecule has 2 aromatic carbocycles. The summed E-state index contributed by atoms with van der Waals surface area (Å²) in [6, 6.07) is 7.24. The molecule has 14 nitrogen and oxygen atoms in total. The average molecular weight is 732 g/mol. The van der Waals surface area contributed by atoms with E-state index >= 15 is 0 Å². The van der Waals surface area contributed by atoms with Crippen LogP contribution in [0.25, 0.3) is 0 Å². The van der Waals surface area contributed by atoms with Gasteiger partial charge in [-0.1, -0.05) is 64.0 Å². The van der Waals surface area contributed by atoms with Gasteiger partial charge < -0.3 is 15.7 Å². The predicted molar refractivity (Wildman–Crippen MR) is 185 cm³/mol. The lowest BCUT2D eigenvalue weighted by molar-refractivity contribution is -0.142. The number of sulfonamides is 2. The molecular formula is C34H45N5O9S2. The highest BCUT2D eigenvalue weighted by Crippen LogP contribution is 2.35. The molecule has 5 atom stereocenters. The highest BCUT2D eigenvalue weighted by molar-refractivity contribution is 7.89. The van der Waals surface area contributed by atoms with Gasteiger partial charge in [0.1, 0.15) is 17.5 Å². The Balaban J connectivity index is 1.61. The van der Waals surface area contributed by atoms with Crippen LogP contribution in [0.3, 0.4) is 0 Å². The molecular weight excluding hydrogens is 687 g/mol. The molecule has 16 heteroatoms. The van der Waals surface area contributed by atoms with Crippen LogP contribution in [0.4, 0.5) is 4.79 Å². The van der Waals surface area contributed by atoms with Crippen LogP contribution in [0.15, 0.2) is 56.5 Å². The molecule has 3 N–H and O–H groups in total. The number of esters is 1. The third-order valence-corrected chi connectivity index (χ3v) is 13.1. The molecule has 1 aliphatic carbocycles. The number of carbonyl (C=O) groups is 2. The summed E-state index contributed by atoms with van der Waals surface area (Å²) in [5.74, 6) is -0.740. The van der Waals surface area contributed by atoms with Crippen molar-refractivity contribution in [1.29, 1.82) is 0 Å². The number of fused-ring (bicyclic) bond motifs is 2. The van der Waals surface area contributed by atoms with Crippen molar-refractivity contribution in [3.8, 4) is 0 Å². The number of hydrogen-bond acceptors (Lipinski definition) is 12. The first kappa shape index (κ1) is 37.6. The first-order chi connectivity index (χ1) is 23.4. The van der Waals surface area contributed by atoms with E-state index in [9.17, 15) is 31.6 Å². The summed E-state index contributed by atoms with van der Waals surface area (Å²) in [6.07, 6.45) is 0.335. The second-order valence-corrected chi connectivity index (χ2v) is 18.2. The molecule has 3 aliphatic rings. The number of oxime groups is 2. The molecule has 0 saturated carbocycles. The van der Waals surface area contributed by atoms with Crippen LogP contribution >= 0.6 is 0 Å². The van der Waals surface area contributed by atoms with Gasteiger partial charge in [-0.2, -0.15) is 8.61 Å². The van der Waals surface area contributed by atoms with Crippen molar-refractivity contribution >= 4 is 43.6 Å². The number of hydrogen-bond donors (Lipinski definition) is 2. The van der Waals surface area contributed by atoms with Crippen molar-refractivity contribution in [3.63, 3.8) is 0 Å². The van der Waals surface area contributed by atoms with Gasteiger partial charge in [0.25, 0.3) is 0 Å². The molecule has 272 valence electrons. The third kappa shape index (κ3) is 7.49. The minimum atomic E-state index is -4.00. The number of piperidine rings is 2. The zero-order valence-electron chi connectivity index (χ0n) is 29.1. The van der Waals surface area contributed by atoms with Gasteiger partial charge in [-0.3, -0.25) is 4.84 Å². The largest absolute Gasteiger partial charge is 0.543 e. The highest BCUT2D eigenvalue weighted by Gasteiger charge is 2.37. The van der Waals surface area contributed by atoms with E-state index in [2.05, 4.69) is 10.3 Å². The Hall–Kier alpha value is -3.70. The van der Waals surface area contributed by atoms with E-state index in [0.29, 0.717) is 26.2 Å². The number of benzene rings is 2. The summed E-state index contributed by atoms with van der Waals surface area (Å²) >= 11 is 0. The molecule has 2 fully saturated rings. The number of ether oxygens (including phenoxy) is 1. The summed E-state index contributed by atoms with van der Waals surface area (Å²) in [7, 11) is -8.00. The molecule has 0 amide bonds. The van der Waals surface area contributed by atoms with E-state index in [4.69, 9.17) is 15.3 Å². The van der Waals surface area contributed by atoms with Gasteiger partial charge in [0.2, 0.25) is 20.0 Å². The molecule has 50 heavy (non-hydrogen) atoms. The Labute approximate surface area is 293 Å². The van der Waals surface area contributed by atoms with Gasteiger partial charge in [-0.25, -0.2) is 26.4 Å². The van der Waals surface area contributed by atoms with Gasteiger partial charge in [0.05, 0.1) is 9.79 Å². The minimum Gasteiger partial charge on any atom is -0.410 e. The molecule has 1 unspecified atom stereocenters. The van der Waals surface area contributed by atoms with Crippen LogP contribution in [-0.4, -0.2) is 86.4 Å². The fourth-order valence-electron chi connectivity index (χ4n) is 7.09. The van der Waals surface area contributed by atoms with Crippen molar-refractivity contribution in [2.24, 2.45) is 45.6 Å². The standard InChI is InChI=1S/C34H45N5O9S2/c1-19(2)30(35)33(40)47-34(41)48-37-32-26-9-7-24(49(43,44)38-15-20(3)11-21(4)16-38)13-28(26)31(36-42)29-14-25(8-10-27(29)32)50(45,46)39-17-22(5)12-23(6)18-39/h7-10,13-14,19-23,30,42H,11-12,15-18,35H2,1-6H3/t20-,21+,22-,23+,30?. The lowest BCUT2D eigenvalue weighted by Crippen LogP contribution is -2.42.